The Hall–Kier alpha value is -6.05. The van der Waals surface area contributed by atoms with Gasteiger partial charge >= 0.3 is 0 Å². The van der Waals surface area contributed by atoms with Crippen molar-refractivity contribution in [2.45, 2.75) is 19.3 Å². The van der Waals surface area contributed by atoms with Gasteiger partial charge in [-0.25, -0.2) is 4.98 Å². The Bertz CT molecular complexity index is 2430. The zero-order chi connectivity index (χ0) is 33.0. The second kappa shape index (κ2) is 11.6. The number of pyridine rings is 1. The molecule has 0 atom stereocenters. The van der Waals surface area contributed by atoms with Gasteiger partial charge in [0.15, 0.2) is 0 Å². The fourth-order valence-corrected chi connectivity index (χ4v) is 7.64. The highest BCUT2D eigenvalue weighted by Gasteiger charge is 2.36. The van der Waals surface area contributed by atoms with Crippen LogP contribution in [0.4, 0.5) is 0 Å². The van der Waals surface area contributed by atoms with Gasteiger partial charge in [0, 0.05) is 16.5 Å². The van der Waals surface area contributed by atoms with E-state index in [1.54, 1.807) is 0 Å². The van der Waals surface area contributed by atoms with Gasteiger partial charge < -0.3 is 0 Å². The van der Waals surface area contributed by atoms with Crippen molar-refractivity contribution >= 4 is 10.8 Å². The zero-order valence-electron chi connectivity index (χ0n) is 27.7. The molecule has 1 heteroatoms. The summed E-state index contributed by atoms with van der Waals surface area (Å²) in [7, 11) is 0. The molecule has 0 amide bonds. The van der Waals surface area contributed by atoms with Gasteiger partial charge in [-0.05, 0) is 96.7 Å². The molecule has 0 unspecified atom stereocenters. The molecule has 1 nitrogen and oxygen atoms in total. The van der Waals surface area contributed by atoms with Crippen molar-refractivity contribution < 1.29 is 0 Å². The van der Waals surface area contributed by atoms with E-state index in [2.05, 4.69) is 190 Å². The maximum absolute atomic E-state index is 5.19. The predicted octanol–water partition coefficient (Wildman–Crippen LogP) is 12.9. The summed E-state index contributed by atoms with van der Waals surface area (Å²) in [4.78, 5) is 5.19. The highest BCUT2D eigenvalue weighted by Crippen LogP contribution is 2.52. The summed E-state index contributed by atoms with van der Waals surface area (Å²) in [6.07, 6.45) is 0. The van der Waals surface area contributed by atoms with Crippen molar-refractivity contribution in [2.24, 2.45) is 0 Å². The molecule has 8 aromatic rings. The highest BCUT2D eigenvalue weighted by molar-refractivity contribution is 5.96. The Morgan fingerprint density at radius 1 is 0.327 bits per heavy atom. The SMILES string of the molecule is CC1(C)c2ccccc2-c2cc(-c3ccc4ccccc4c3)c(-c3ccc(-c4cc(-c5ccccc5)cc(-c5ccccc5)n4)cc3)cc21. The third-order valence-corrected chi connectivity index (χ3v) is 10.3. The molecule has 0 fully saturated rings. The Labute approximate surface area is 288 Å². The predicted molar refractivity (Wildman–Crippen MR) is 206 cm³/mol. The van der Waals surface area contributed by atoms with Crippen molar-refractivity contribution in [3.8, 4) is 67.0 Å². The van der Waals surface area contributed by atoms with Crippen LogP contribution in [0, 0.1) is 0 Å². The van der Waals surface area contributed by atoms with Crippen LogP contribution in [0.3, 0.4) is 0 Å². The van der Waals surface area contributed by atoms with Gasteiger partial charge in [0.2, 0.25) is 0 Å². The minimum atomic E-state index is -0.0851. The summed E-state index contributed by atoms with van der Waals surface area (Å²) in [6.45, 7) is 4.71. The van der Waals surface area contributed by atoms with Gasteiger partial charge in [0.05, 0.1) is 11.4 Å². The number of nitrogens with zero attached hydrogens (tertiary/aromatic N) is 1. The van der Waals surface area contributed by atoms with Crippen molar-refractivity contribution in [3.63, 3.8) is 0 Å². The first-order chi connectivity index (χ1) is 24.0. The molecule has 0 saturated carbocycles. The minimum absolute atomic E-state index is 0.0851. The average Bonchev–Trinajstić information content (AvgIpc) is 3.40. The molecule has 0 aliphatic heterocycles. The molecule has 0 radical (unpaired) electrons. The third-order valence-electron chi connectivity index (χ3n) is 10.3. The van der Waals surface area contributed by atoms with Crippen LogP contribution in [0.2, 0.25) is 0 Å². The van der Waals surface area contributed by atoms with Crippen LogP contribution in [0.25, 0.3) is 77.8 Å². The van der Waals surface area contributed by atoms with E-state index in [1.165, 1.54) is 60.8 Å². The van der Waals surface area contributed by atoms with Crippen LogP contribution in [0.1, 0.15) is 25.0 Å². The third kappa shape index (κ3) is 5.07. The van der Waals surface area contributed by atoms with Crippen LogP contribution < -0.4 is 0 Å². The highest BCUT2D eigenvalue weighted by atomic mass is 14.7. The van der Waals surface area contributed by atoms with Crippen LogP contribution in [0.5, 0.6) is 0 Å². The van der Waals surface area contributed by atoms with Gasteiger partial charge in [0.1, 0.15) is 0 Å². The van der Waals surface area contributed by atoms with E-state index in [0.717, 1.165) is 28.1 Å². The Morgan fingerprint density at radius 3 is 1.61 bits per heavy atom. The first-order valence-electron chi connectivity index (χ1n) is 17.0. The Morgan fingerprint density at radius 2 is 0.878 bits per heavy atom. The fraction of sp³-hybridized carbons (Fsp3) is 0.0625. The van der Waals surface area contributed by atoms with E-state index in [0.29, 0.717) is 0 Å². The first kappa shape index (κ1) is 29.1. The summed E-state index contributed by atoms with van der Waals surface area (Å²) in [6, 6.07) is 63.7. The lowest BCUT2D eigenvalue weighted by Gasteiger charge is -2.23. The van der Waals surface area contributed by atoms with Gasteiger partial charge in [-0.15, -0.1) is 0 Å². The van der Waals surface area contributed by atoms with Gasteiger partial charge in [0.25, 0.3) is 0 Å². The fourth-order valence-electron chi connectivity index (χ4n) is 7.64. The second-order valence-electron chi connectivity index (χ2n) is 13.6. The lowest BCUT2D eigenvalue weighted by Crippen LogP contribution is -2.15. The summed E-state index contributed by atoms with van der Waals surface area (Å²) in [5, 5.41) is 2.51. The number of rotatable bonds is 5. The van der Waals surface area contributed by atoms with E-state index in [1.807, 2.05) is 0 Å². The van der Waals surface area contributed by atoms with Crippen LogP contribution >= 0.6 is 0 Å². The first-order valence-corrected chi connectivity index (χ1v) is 17.0. The quantitative estimate of drug-likeness (QED) is 0.185. The summed E-state index contributed by atoms with van der Waals surface area (Å²) in [5.41, 5.74) is 16.8. The van der Waals surface area contributed by atoms with E-state index in [-0.39, 0.29) is 5.41 Å². The Balaban J connectivity index is 1.20. The van der Waals surface area contributed by atoms with E-state index in [9.17, 15) is 0 Å². The van der Waals surface area contributed by atoms with Crippen molar-refractivity contribution in [1.29, 1.82) is 0 Å². The van der Waals surface area contributed by atoms with Crippen LogP contribution in [0.15, 0.2) is 176 Å². The Kier molecular flexibility index (Phi) is 6.88. The molecule has 0 N–H and O–H groups in total. The molecule has 49 heavy (non-hydrogen) atoms. The van der Waals surface area contributed by atoms with E-state index >= 15 is 0 Å². The summed E-state index contributed by atoms with van der Waals surface area (Å²) < 4.78 is 0. The molecule has 0 bridgehead atoms. The van der Waals surface area contributed by atoms with E-state index in [4.69, 9.17) is 4.98 Å². The largest absolute Gasteiger partial charge is 0.248 e. The number of hydrogen-bond donors (Lipinski definition) is 0. The molecule has 9 rings (SSSR count). The average molecular weight is 626 g/mol. The van der Waals surface area contributed by atoms with Crippen molar-refractivity contribution in [1.82, 2.24) is 4.98 Å². The molecule has 7 aromatic carbocycles. The maximum atomic E-state index is 5.19. The maximum Gasteiger partial charge on any atom is 0.0715 e. The molecular weight excluding hydrogens is 591 g/mol. The summed E-state index contributed by atoms with van der Waals surface area (Å²) in [5.74, 6) is 0. The van der Waals surface area contributed by atoms with Crippen molar-refractivity contribution in [3.05, 3.63) is 187 Å². The van der Waals surface area contributed by atoms with Crippen LogP contribution in [-0.4, -0.2) is 4.98 Å². The number of aromatic nitrogens is 1. The monoisotopic (exact) mass is 625 g/mol. The normalized spacial score (nSPS) is 12.9. The van der Waals surface area contributed by atoms with Crippen molar-refractivity contribution in [2.75, 3.05) is 0 Å². The number of hydrogen-bond acceptors (Lipinski definition) is 1. The van der Waals surface area contributed by atoms with E-state index < -0.39 is 0 Å². The molecule has 0 saturated heterocycles. The van der Waals surface area contributed by atoms with Gasteiger partial charge in [-0.1, -0.05) is 159 Å². The lowest BCUT2D eigenvalue weighted by atomic mass is 9.80. The molecule has 0 spiro atoms. The molecular formula is C48H35N. The lowest BCUT2D eigenvalue weighted by molar-refractivity contribution is 0.660. The van der Waals surface area contributed by atoms with Crippen LogP contribution in [-0.2, 0) is 5.41 Å². The second-order valence-corrected chi connectivity index (χ2v) is 13.6. The minimum Gasteiger partial charge on any atom is -0.248 e. The standard InChI is InChI=1S/C48H35N/c1-48(2)44-20-12-11-19-40(44)43-30-41(38-26-21-33-15-9-10-18-37(33)27-38)42(31-45(43)48)34-22-24-36(25-23-34)47-29-39(32-13-5-3-6-14-32)28-46(49-47)35-16-7-4-8-17-35/h3-31H,1-2H3. The molecule has 1 aromatic heterocycles. The zero-order valence-corrected chi connectivity index (χ0v) is 27.7. The topological polar surface area (TPSA) is 12.9 Å². The van der Waals surface area contributed by atoms with Gasteiger partial charge in [-0.3, -0.25) is 0 Å². The number of fused-ring (bicyclic) bond motifs is 4. The molecule has 1 aliphatic rings. The smallest absolute Gasteiger partial charge is 0.0715 e. The molecule has 1 heterocycles. The van der Waals surface area contributed by atoms with Gasteiger partial charge in [-0.2, -0.15) is 0 Å². The summed E-state index contributed by atoms with van der Waals surface area (Å²) >= 11 is 0. The molecule has 232 valence electrons. The number of benzene rings is 7. The molecule has 1 aliphatic carbocycles.